The molecule has 1 aromatic rings. The minimum absolute atomic E-state index is 0.116. The Morgan fingerprint density at radius 2 is 1.94 bits per heavy atom. The zero-order chi connectivity index (χ0) is 12.6. The van der Waals surface area contributed by atoms with Crippen molar-refractivity contribution in [3.05, 3.63) is 29.8 Å². The lowest BCUT2D eigenvalue weighted by Crippen LogP contribution is -2.16. The molecular weight excluding hydrogens is 232 g/mol. The Labute approximate surface area is 95.2 Å². The summed E-state index contributed by atoms with van der Waals surface area (Å²) in [5.41, 5.74) is 0.116. The number of carboxylic acid groups (broad SMARTS) is 1. The van der Waals surface area contributed by atoms with Crippen molar-refractivity contribution in [2.24, 2.45) is 11.8 Å². The van der Waals surface area contributed by atoms with Crippen molar-refractivity contribution in [3.8, 4) is 0 Å². The van der Waals surface area contributed by atoms with Crippen LogP contribution < -0.4 is 5.32 Å². The van der Waals surface area contributed by atoms with Crippen LogP contribution in [0.25, 0.3) is 0 Å². The number of hydrogen-bond acceptors (Lipinski definition) is 2. The molecule has 0 bridgehead atoms. The lowest BCUT2D eigenvalue weighted by molar-refractivity contribution is -0.139. The first-order valence-corrected chi connectivity index (χ1v) is 4.98. The smallest absolute Gasteiger partial charge is 0.307 e. The van der Waals surface area contributed by atoms with E-state index >= 15 is 0 Å². The molecule has 1 fully saturated rings. The van der Waals surface area contributed by atoms with Gasteiger partial charge >= 0.3 is 5.97 Å². The number of carboxylic acids is 1. The van der Waals surface area contributed by atoms with Gasteiger partial charge < -0.3 is 10.4 Å². The standard InChI is InChI=1S/C11H9F2NO3/c12-8-2-1-5(3-9(8)13)14-10(15)6-4-7(6)11(16)17/h1-3,6-7H,4H2,(H,14,15)(H,16,17)/t6-,7+/m1/s1. The molecule has 0 aliphatic heterocycles. The lowest BCUT2D eigenvalue weighted by Gasteiger charge is -2.04. The second-order valence-corrected chi connectivity index (χ2v) is 3.91. The van der Waals surface area contributed by atoms with Crippen molar-refractivity contribution in [2.45, 2.75) is 6.42 Å². The Bertz CT molecular complexity index is 490. The van der Waals surface area contributed by atoms with Gasteiger partial charge in [-0.05, 0) is 18.6 Å². The van der Waals surface area contributed by atoms with Crippen molar-refractivity contribution in [1.29, 1.82) is 0 Å². The Morgan fingerprint density at radius 3 is 2.47 bits per heavy atom. The van der Waals surface area contributed by atoms with E-state index in [1.54, 1.807) is 0 Å². The van der Waals surface area contributed by atoms with Gasteiger partial charge in [0.25, 0.3) is 0 Å². The van der Waals surface area contributed by atoms with Crippen molar-refractivity contribution in [1.82, 2.24) is 0 Å². The second-order valence-electron chi connectivity index (χ2n) is 3.91. The summed E-state index contributed by atoms with van der Waals surface area (Å²) in [6.07, 6.45) is 0.283. The summed E-state index contributed by atoms with van der Waals surface area (Å²) in [6, 6.07) is 2.96. The van der Waals surface area contributed by atoms with Gasteiger partial charge in [0, 0.05) is 11.8 Å². The third-order valence-corrected chi connectivity index (χ3v) is 2.63. The number of rotatable bonds is 3. The minimum atomic E-state index is -1.06. The fraction of sp³-hybridized carbons (Fsp3) is 0.273. The van der Waals surface area contributed by atoms with E-state index in [0.717, 1.165) is 12.1 Å². The molecule has 0 saturated heterocycles. The first-order chi connectivity index (χ1) is 7.99. The molecular formula is C11H9F2NO3. The first-order valence-electron chi connectivity index (χ1n) is 4.98. The highest BCUT2D eigenvalue weighted by Crippen LogP contribution is 2.39. The maximum Gasteiger partial charge on any atom is 0.307 e. The van der Waals surface area contributed by atoms with Gasteiger partial charge in [-0.15, -0.1) is 0 Å². The number of halogens is 2. The monoisotopic (exact) mass is 241 g/mol. The van der Waals surface area contributed by atoms with Crippen LogP contribution in [0.4, 0.5) is 14.5 Å². The third kappa shape index (κ3) is 2.41. The van der Waals surface area contributed by atoms with E-state index in [1.165, 1.54) is 6.07 Å². The van der Waals surface area contributed by atoms with E-state index in [1.807, 2.05) is 0 Å². The largest absolute Gasteiger partial charge is 0.481 e. The molecule has 1 aromatic carbocycles. The normalized spacial score (nSPS) is 22.0. The molecule has 0 radical (unpaired) electrons. The van der Waals surface area contributed by atoms with E-state index in [9.17, 15) is 18.4 Å². The minimum Gasteiger partial charge on any atom is -0.481 e. The summed E-state index contributed by atoms with van der Waals surface area (Å²) in [5, 5.41) is 11.0. The number of carbonyl (C=O) groups is 2. The van der Waals surface area contributed by atoms with E-state index in [4.69, 9.17) is 5.11 Å². The van der Waals surface area contributed by atoms with Crippen molar-refractivity contribution in [3.63, 3.8) is 0 Å². The molecule has 1 aliphatic carbocycles. The molecule has 6 heteroatoms. The maximum absolute atomic E-state index is 12.8. The molecule has 90 valence electrons. The Kier molecular flexibility index (Phi) is 2.79. The molecule has 0 spiro atoms. The molecule has 17 heavy (non-hydrogen) atoms. The van der Waals surface area contributed by atoms with Gasteiger partial charge in [0.15, 0.2) is 11.6 Å². The van der Waals surface area contributed by atoms with Gasteiger partial charge in [-0.1, -0.05) is 0 Å². The van der Waals surface area contributed by atoms with Crippen LogP contribution in [-0.4, -0.2) is 17.0 Å². The van der Waals surface area contributed by atoms with Gasteiger partial charge in [-0.3, -0.25) is 9.59 Å². The molecule has 1 aliphatic rings. The summed E-state index contributed by atoms with van der Waals surface area (Å²) >= 11 is 0. The molecule has 0 aromatic heterocycles. The van der Waals surface area contributed by atoms with Gasteiger partial charge in [0.1, 0.15) is 0 Å². The van der Waals surface area contributed by atoms with Crippen molar-refractivity contribution < 1.29 is 23.5 Å². The quantitative estimate of drug-likeness (QED) is 0.845. The van der Waals surface area contributed by atoms with Crippen LogP contribution in [-0.2, 0) is 9.59 Å². The van der Waals surface area contributed by atoms with Crippen LogP contribution in [0.1, 0.15) is 6.42 Å². The van der Waals surface area contributed by atoms with Crippen LogP contribution in [0.2, 0.25) is 0 Å². The highest BCUT2D eigenvalue weighted by molar-refractivity contribution is 5.98. The van der Waals surface area contributed by atoms with E-state index in [0.29, 0.717) is 0 Å². The number of nitrogens with one attached hydrogen (secondary N) is 1. The predicted octanol–water partition coefficient (Wildman–Crippen LogP) is 1.62. The topological polar surface area (TPSA) is 66.4 Å². The zero-order valence-electron chi connectivity index (χ0n) is 8.61. The molecule has 1 amide bonds. The Hall–Kier alpha value is -1.98. The molecule has 2 atom stereocenters. The fourth-order valence-electron chi connectivity index (χ4n) is 1.57. The average Bonchev–Trinajstić information content (AvgIpc) is 3.03. The zero-order valence-corrected chi connectivity index (χ0v) is 8.61. The number of hydrogen-bond donors (Lipinski definition) is 2. The Morgan fingerprint density at radius 1 is 1.24 bits per heavy atom. The number of amides is 1. The molecule has 4 nitrogen and oxygen atoms in total. The maximum atomic E-state index is 12.8. The number of carbonyl (C=O) groups excluding carboxylic acids is 1. The molecule has 2 N–H and O–H groups in total. The number of aliphatic carboxylic acids is 1. The Balaban J connectivity index is 2.00. The van der Waals surface area contributed by atoms with Crippen LogP contribution >= 0.6 is 0 Å². The number of benzene rings is 1. The molecule has 1 saturated carbocycles. The summed E-state index contributed by atoms with van der Waals surface area (Å²) < 4.78 is 25.4. The highest BCUT2D eigenvalue weighted by Gasteiger charge is 2.48. The summed E-state index contributed by atoms with van der Waals surface area (Å²) in [6.45, 7) is 0. The van der Waals surface area contributed by atoms with Crippen LogP contribution in [0.15, 0.2) is 18.2 Å². The fourth-order valence-corrected chi connectivity index (χ4v) is 1.57. The average molecular weight is 241 g/mol. The van der Waals surface area contributed by atoms with Crippen LogP contribution in [0.5, 0.6) is 0 Å². The first kappa shape index (κ1) is 11.5. The van der Waals surface area contributed by atoms with Crippen molar-refractivity contribution >= 4 is 17.6 Å². The van der Waals surface area contributed by atoms with E-state index in [2.05, 4.69) is 5.32 Å². The van der Waals surface area contributed by atoms with Crippen molar-refractivity contribution in [2.75, 3.05) is 5.32 Å². The van der Waals surface area contributed by atoms with Gasteiger partial charge in [-0.25, -0.2) is 8.78 Å². The van der Waals surface area contributed by atoms with E-state index in [-0.39, 0.29) is 12.1 Å². The summed E-state index contributed by atoms with van der Waals surface area (Å²) in [7, 11) is 0. The van der Waals surface area contributed by atoms with Crippen LogP contribution in [0, 0.1) is 23.5 Å². The third-order valence-electron chi connectivity index (χ3n) is 2.63. The van der Waals surface area contributed by atoms with Crippen LogP contribution in [0.3, 0.4) is 0 Å². The van der Waals surface area contributed by atoms with Gasteiger partial charge in [0.2, 0.25) is 5.91 Å². The van der Waals surface area contributed by atoms with E-state index < -0.39 is 35.3 Å². The number of anilines is 1. The molecule has 2 rings (SSSR count). The lowest BCUT2D eigenvalue weighted by atomic mass is 10.2. The van der Waals surface area contributed by atoms with Gasteiger partial charge in [-0.2, -0.15) is 0 Å². The van der Waals surface area contributed by atoms with Gasteiger partial charge in [0.05, 0.1) is 11.8 Å². The molecule has 0 unspecified atom stereocenters. The summed E-state index contributed by atoms with van der Waals surface area (Å²) in [5.74, 6) is -4.81. The highest BCUT2D eigenvalue weighted by atomic mass is 19.2. The summed E-state index contributed by atoms with van der Waals surface area (Å²) in [4.78, 5) is 22.0. The second kappa shape index (κ2) is 4.12. The SMILES string of the molecule is O=C(O)[C@H]1C[C@H]1C(=O)Nc1ccc(F)c(F)c1. The predicted molar refractivity (Wildman–Crippen MR) is 54.2 cm³/mol. The molecule has 0 heterocycles.